The van der Waals surface area contributed by atoms with E-state index in [0.717, 1.165) is 77.6 Å². The summed E-state index contributed by atoms with van der Waals surface area (Å²) >= 11 is 0. The van der Waals surface area contributed by atoms with Crippen molar-refractivity contribution >= 4 is 5.96 Å². The van der Waals surface area contributed by atoms with Crippen LogP contribution in [0.4, 0.5) is 0 Å². The summed E-state index contributed by atoms with van der Waals surface area (Å²) < 4.78 is 11.1. The van der Waals surface area contributed by atoms with E-state index in [-0.39, 0.29) is 0 Å². The summed E-state index contributed by atoms with van der Waals surface area (Å²) in [7, 11) is 3.94. The standard InChI is InChI=1S/C24H42N4O2/c1-5-25-24(28-16-13-23(14-17-28)30-19-9-18-29-4)26-15-12-21(2)27(3)20-22-10-7-6-8-11-22/h6-8,10-11,21,23H,5,9,12-20H2,1-4H3,(H,25,26). The summed E-state index contributed by atoms with van der Waals surface area (Å²) in [4.78, 5) is 9.72. The van der Waals surface area contributed by atoms with Crippen LogP contribution >= 0.6 is 0 Å². The fourth-order valence-corrected chi connectivity index (χ4v) is 3.72. The normalized spacial score (nSPS) is 16.8. The first-order valence-corrected chi connectivity index (χ1v) is 11.5. The van der Waals surface area contributed by atoms with Gasteiger partial charge in [0.05, 0.1) is 6.10 Å². The Morgan fingerprint density at radius 3 is 2.63 bits per heavy atom. The van der Waals surface area contributed by atoms with Gasteiger partial charge in [0, 0.05) is 59.1 Å². The minimum atomic E-state index is 0.368. The van der Waals surface area contributed by atoms with E-state index in [0.29, 0.717) is 12.1 Å². The van der Waals surface area contributed by atoms with Crippen LogP contribution in [-0.2, 0) is 16.0 Å². The summed E-state index contributed by atoms with van der Waals surface area (Å²) in [5, 5.41) is 3.47. The molecular formula is C24H42N4O2. The average molecular weight is 419 g/mol. The Kier molecular flexibility index (Phi) is 11.8. The van der Waals surface area contributed by atoms with Crippen molar-refractivity contribution in [2.24, 2.45) is 4.99 Å². The lowest BCUT2D eigenvalue weighted by Gasteiger charge is -2.34. The van der Waals surface area contributed by atoms with Gasteiger partial charge in [-0.3, -0.25) is 9.89 Å². The van der Waals surface area contributed by atoms with Crippen LogP contribution in [0.1, 0.15) is 45.1 Å². The van der Waals surface area contributed by atoms with E-state index in [1.54, 1.807) is 7.11 Å². The monoisotopic (exact) mass is 418 g/mol. The number of piperidine rings is 1. The third-order valence-electron chi connectivity index (χ3n) is 5.76. The molecule has 0 aliphatic carbocycles. The van der Waals surface area contributed by atoms with Crippen LogP contribution in [0.2, 0.25) is 0 Å². The molecule has 6 nitrogen and oxygen atoms in total. The molecule has 2 rings (SSSR count). The van der Waals surface area contributed by atoms with Crippen LogP contribution in [0.25, 0.3) is 0 Å². The Balaban J connectivity index is 1.74. The number of hydrogen-bond donors (Lipinski definition) is 1. The molecule has 1 aliphatic rings. The molecule has 170 valence electrons. The van der Waals surface area contributed by atoms with Crippen molar-refractivity contribution < 1.29 is 9.47 Å². The van der Waals surface area contributed by atoms with Crippen molar-refractivity contribution in [2.45, 2.75) is 58.2 Å². The molecule has 0 aromatic heterocycles. The maximum absolute atomic E-state index is 5.99. The highest BCUT2D eigenvalue weighted by Crippen LogP contribution is 2.15. The topological polar surface area (TPSA) is 49.3 Å². The predicted octanol–water partition coefficient (Wildman–Crippen LogP) is 3.38. The lowest BCUT2D eigenvalue weighted by Crippen LogP contribution is -2.47. The van der Waals surface area contributed by atoms with Crippen LogP contribution in [-0.4, -0.2) is 81.5 Å². The van der Waals surface area contributed by atoms with Gasteiger partial charge in [-0.1, -0.05) is 30.3 Å². The summed E-state index contributed by atoms with van der Waals surface area (Å²) in [5.41, 5.74) is 1.36. The molecule has 1 aromatic carbocycles. The third kappa shape index (κ3) is 9.02. The number of ether oxygens (including phenoxy) is 2. The van der Waals surface area contributed by atoms with Crippen molar-refractivity contribution in [3.63, 3.8) is 0 Å². The molecule has 0 saturated carbocycles. The first-order chi connectivity index (χ1) is 14.6. The van der Waals surface area contributed by atoms with Gasteiger partial charge in [-0.15, -0.1) is 0 Å². The molecule has 1 unspecified atom stereocenters. The Morgan fingerprint density at radius 2 is 1.97 bits per heavy atom. The molecule has 30 heavy (non-hydrogen) atoms. The smallest absolute Gasteiger partial charge is 0.193 e. The number of aliphatic imine (C=N–C) groups is 1. The fraction of sp³-hybridized carbons (Fsp3) is 0.708. The van der Waals surface area contributed by atoms with Gasteiger partial charge in [0.2, 0.25) is 0 Å². The maximum atomic E-state index is 5.99. The Labute approximate surface area is 183 Å². The zero-order chi connectivity index (χ0) is 21.6. The van der Waals surface area contributed by atoms with E-state index >= 15 is 0 Å². The molecule has 1 N–H and O–H groups in total. The van der Waals surface area contributed by atoms with Crippen LogP contribution in [0.3, 0.4) is 0 Å². The van der Waals surface area contributed by atoms with Crippen molar-refractivity contribution in [3.8, 4) is 0 Å². The fourth-order valence-electron chi connectivity index (χ4n) is 3.72. The first kappa shape index (κ1) is 24.6. The number of hydrogen-bond acceptors (Lipinski definition) is 4. The molecule has 1 aliphatic heterocycles. The molecule has 0 amide bonds. The number of rotatable bonds is 12. The van der Waals surface area contributed by atoms with E-state index in [4.69, 9.17) is 14.5 Å². The van der Waals surface area contributed by atoms with Crippen molar-refractivity contribution in [3.05, 3.63) is 35.9 Å². The SMILES string of the molecule is CCNC(=NCCC(C)N(C)Cc1ccccc1)N1CCC(OCCCOC)CC1. The van der Waals surface area contributed by atoms with Gasteiger partial charge in [0.1, 0.15) is 0 Å². The molecule has 1 atom stereocenters. The van der Waals surface area contributed by atoms with Crippen molar-refractivity contribution in [1.29, 1.82) is 0 Å². The molecule has 1 heterocycles. The molecule has 0 radical (unpaired) electrons. The Bertz CT molecular complexity index is 588. The minimum absolute atomic E-state index is 0.368. The second-order valence-corrected chi connectivity index (χ2v) is 8.18. The summed E-state index contributed by atoms with van der Waals surface area (Å²) in [6, 6.07) is 11.2. The van der Waals surface area contributed by atoms with Crippen LogP contribution in [0.5, 0.6) is 0 Å². The second kappa shape index (κ2) is 14.4. The van der Waals surface area contributed by atoms with Gasteiger partial charge in [-0.05, 0) is 52.1 Å². The number of methoxy groups -OCH3 is 1. The summed E-state index contributed by atoms with van der Waals surface area (Å²) in [6.45, 7) is 10.7. The van der Waals surface area contributed by atoms with Gasteiger partial charge in [0.15, 0.2) is 5.96 Å². The highest BCUT2D eigenvalue weighted by molar-refractivity contribution is 5.80. The van der Waals surface area contributed by atoms with E-state index in [1.807, 2.05) is 0 Å². The van der Waals surface area contributed by atoms with Crippen molar-refractivity contribution in [2.75, 3.05) is 53.6 Å². The molecule has 0 bridgehead atoms. The van der Waals surface area contributed by atoms with Crippen LogP contribution in [0, 0.1) is 0 Å². The zero-order valence-corrected chi connectivity index (χ0v) is 19.5. The Hall–Kier alpha value is -1.63. The summed E-state index contributed by atoms with van der Waals surface area (Å²) in [6.07, 6.45) is 4.52. The first-order valence-electron chi connectivity index (χ1n) is 11.5. The number of nitrogens with one attached hydrogen (secondary N) is 1. The van der Waals surface area contributed by atoms with E-state index in [9.17, 15) is 0 Å². The highest BCUT2D eigenvalue weighted by atomic mass is 16.5. The number of benzene rings is 1. The zero-order valence-electron chi connectivity index (χ0n) is 19.5. The molecule has 0 spiro atoms. The number of guanidine groups is 1. The highest BCUT2D eigenvalue weighted by Gasteiger charge is 2.22. The maximum Gasteiger partial charge on any atom is 0.193 e. The lowest BCUT2D eigenvalue weighted by atomic mass is 10.1. The van der Waals surface area contributed by atoms with E-state index in [1.165, 1.54) is 5.56 Å². The Morgan fingerprint density at radius 1 is 1.23 bits per heavy atom. The van der Waals surface area contributed by atoms with Crippen LogP contribution < -0.4 is 5.32 Å². The van der Waals surface area contributed by atoms with E-state index in [2.05, 4.69) is 66.3 Å². The predicted molar refractivity (Wildman–Crippen MR) is 125 cm³/mol. The molecule has 1 aromatic rings. The largest absolute Gasteiger partial charge is 0.385 e. The van der Waals surface area contributed by atoms with E-state index < -0.39 is 0 Å². The number of likely N-dealkylation sites (tertiary alicyclic amines) is 1. The quantitative estimate of drug-likeness (QED) is 0.320. The van der Waals surface area contributed by atoms with Gasteiger partial charge in [-0.2, -0.15) is 0 Å². The number of nitrogens with zero attached hydrogens (tertiary/aromatic N) is 3. The molecule has 6 heteroatoms. The molecule has 1 saturated heterocycles. The average Bonchev–Trinajstić information content (AvgIpc) is 2.77. The summed E-state index contributed by atoms with van der Waals surface area (Å²) in [5.74, 6) is 1.05. The minimum Gasteiger partial charge on any atom is -0.385 e. The van der Waals surface area contributed by atoms with Gasteiger partial charge >= 0.3 is 0 Å². The van der Waals surface area contributed by atoms with Gasteiger partial charge in [0.25, 0.3) is 0 Å². The lowest BCUT2D eigenvalue weighted by molar-refractivity contribution is 0.00990. The third-order valence-corrected chi connectivity index (χ3v) is 5.76. The van der Waals surface area contributed by atoms with Crippen LogP contribution in [0.15, 0.2) is 35.3 Å². The van der Waals surface area contributed by atoms with Gasteiger partial charge in [-0.25, -0.2) is 0 Å². The molecule has 1 fully saturated rings. The molecular weight excluding hydrogens is 376 g/mol. The van der Waals surface area contributed by atoms with Crippen molar-refractivity contribution in [1.82, 2.24) is 15.1 Å². The second-order valence-electron chi connectivity index (χ2n) is 8.18. The van der Waals surface area contributed by atoms with Gasteiger partial charge < -0.3 is 19.7 Å².